The third-order valence-corrected chi connectivity index (χ3v) is 2.49. The maximum Gasteiger partial charge on any atom is 0.435 e. The van der Waals surface area contributed by atoms with E-state index in [-0.39, 0.29) is 11.3 Å². The van der Waals surface area contributed by atoms with E-state index in [0.29, 0.717) is 11.3 Å². The summed E-state index contributed by atoms with van der Waals surface area (Å²) in [5, 5.41) is 4.02. The molecule has 90 valence electrons. The van der Waals surface area contributed by atoms with Crippen LogP contribution in [0.15, 0.2) is 12.6 Å². The molecule has 0 N–H and O–H groups in total. The third-order valence-electron chi connectivity index (χ3n) is 2.49. The van der Waals surface area contributed by atoms with Crippen LogP contribution in [0.5, 0.6) is 0 Å². The number of aryl methyl sites for hydroxylation is 2. The van der Waals surface area contributed by atoms with Gasteiger partial charge in [-0.25, -0.2) is 9.50 Å². The Morgan fingerprint density at radius 3 is 2.53 bits per heavy atom. The molecular formula is C11H10F3N3. The van der Waals surface area contributed by atoms with Crippen molar-refractivity contribution in [3.63, 3.8) is 0 Å². The van der Waals surface area contributed by atoms with Crippen molar-refractivity contribution in [2.45, 2.75) is 20.0 Å². The molecule has 0 aliphatic carbocycles. The van der Waals surface area contributed by atoms with Crippen molar-refractivity contribution in [2.75, 3.05) is 0 Å². The summed E-state index contributed by atoms with van der Waals surface area (Å²) >= 11 is 0. The molecule has 0 atom stereocenters. The summed E-state index contributed by atoms with van der Waals surface area (Å²) < 4.78 is 39.2. The number of nitrogens with zero attached hydrogens (tertiary/aromatic N) is 3. The van der Waals surface area contributed by atoms with Crippen LogP contribution in [0.25, 0.3) is 11.7 Å². The summed E-state index contributed by atoms with van der Waals surface area (Å²) in [7, 11) is 0. The van der Waals surface area contributed by atoms with E-state index in [4.69, 9.17) is 0 Å². The fourth-order valence-electron chi connectivity index (χ4n) is 1.67. The summed E-state index contributed by atoms with van der Waals surface area (Å²) in [6, 6.07) is 1.65. The SMILES string of the molecule is C=Cc1cc(C)c2nc(C(F)(F)F)c(C)n2n1. The van der Waals surface area contributed by atoms with Crippen LogP contribution >= 0.6 is 0 Å². The number of rotatable bonds is 1. The van der Waals surface area contributed by atoms with E-state index < -0.39 is 11.9 Å². The van der Waals surface area contributed by atoms with Crippen LogP contribution in [0.4, 0.5) is 13.2 Å². The van der Waals surface area contributed by atoms with Crippen LogP contribution in [0.3, 0.4) is 0 Å². The van der Waals surface area contributed by atoms with Gasteiger partial charge >= 0.3 is 6.18 Å². The molecule has 2 heterocycles. The van der Waals surface area contributed by atoms with E-state index >= 15 is 0 Å². The van der Waals surface area contributed by atoms with E-state index in [1.807, 2.05) is 0 Å². The first-order valence-corrected chi connectivity index (χ1v) is 4.91. The number of halogens is 3. The summed E-state index contributed by atoms with van der Waals surface area (Å²) in [6.07, 6.45) is -2.97. The highest BCUT2D eigenvalue weighted by Crippen LogP contribution is 2.31. The molecule has 17 heavy (non-hydrogen) atoms. The second-order valence-electron chi connectivity index (χ2n) is 3.74. The third kappa shape index (κ3) is 1.79. The van der Waals surface area contributed by atoms with Crippen LogP contribution in [0, 0.1) is 13.8 Å². The average Bonchev–Trinajstić information content (AvgIpc) is 2.56. The molecule has 0 aromatic carbocycles. The lowest BCUT2D eigenvalue weighted by Gasteiger charge is -2.03. The van der Waals surface area contributed by atoms with Gasteiger partial charge in [0.15, 0.2) is 11.3 Å². The minimum absolute atomic E-state index is 0.0145. The van der Waals surface area contributed by atoms with Crippen molar-refractivity contribution >= 4 is 11.7 Å². The second kappa shape index (κ2) is 3.58. The van der Waals surface area contributed by atoms with Crippen molar-refractivity contribution in [3.05, 3.63) is 35.3 Å². The van der Waals surface area contributed by atoms with Crippen molar-refractivity contribution < 1.29 is 13.2 Å². The molecule has 3 nitrogen and oxygen atoms in total. The fraction of sp³-hybridized carbons (Fsp3) is 0.273. The Hall–Kier alpha value is -1.85. The lowest BCUT2D eigenvalue weighted by molar-refractivity contribution is -0.141. The number of fused-ring (bicyclic) bond motifs is 1. The highest BCUT2D eigenvalue weighted by atomic mass is 19.4. The number of hydrogen-bond donors (Lipinski definition) is 0. The average molecular weight is 241 g/mol. The van der Waals surface area contributed by atoms with Crippen molar-refractivity contribution in [1.29, 1.82) is 0 Å². The Labute approximate surface area is 95.6 Å². The summed E-state index contributed by atoms with van der Waals surface area (Å²) in [5.41, 5.74) is 0.465. The standard InChI is InChI=1S/C11H10F3N3/c1-4-8-5-6(2)10-15-9(11(12,13)14)7(3)17(10)16-8/h4-5H,1H2,2-3H3. The molecule has 0 amide bonds. The normalized spacial score (nSPS) is 12.1. The highest BCUT2D eigenvalue weighted by Gasteiger charge is 2.37. The van der Waals surface area contributed by atoms with Gasteiger partial charge in [-0.3, -0.25) is 0 Å². The molecule has 0 aliphatic heterocycles. The van der Waals surface area contributed by atoms with Crippen molar-refractivity contribution in [3.8, 4) is 0 Å². The zero-order chi connectivity index (χ0) is 12.8. The van der Waals surface area contributed by atoms with Gasteiger partial charge in [-0.15, -0.1) is 0 Å². The molecule has 0 fully saturated rings. The number of aromatic nitrogens is 3. The van der Waals surface area contributed by atoms with Crippen molar-refractivity contribution in [2.24, 2.45) is 0 Å². The lowest BCUT2D eigenvalue weighted by Crippen LogP contribution is -2.08. The zero-order valence-electron chi connectivity index (χ0n) is 9.34. The number of hydrogen-bond acceptors (Lipinski definition) is 2. The van der Waals surface area contributed by atoms with Gasteiger partial charge in [-0.05, 0) is 31.6 Å². The van der Waals surface area contributed by atoms with E-state index in [2.05, 4.69) is 16.7 Å². The first kappa shape index (κ1) is 11.6. The predicted octanol–water partition coefficient (Wildman–Crippen LogP) is 3.01. The van der Waals surface area contributed by atoms with Gasteiger partial charge in [0.25, 0.3) is 0 Å². The maximum absolute atomic E-state index is 12.7. The number of imidazole rings is 1. The zero-order valence-corrected chi connectivity index (χ0v) is 9.34. The molecule has 0 radical (unpaired) electrons. The maximum atomic E-state index is 12.7. The molecule has 0 aliphatic rings. The first-order valence-electron chi connectivity index (χ1n) is 4.91. The molecule has 0 bridgehead atoms. The van der Waals surface area contributed by atoms with Crippen LogP contribution in [-0.2, 0) is 6.18 Å². The van der Waals surface area contributed by atoms with Crippen LogP contribution in [0.2, 0.25) is 0 Å². The molecule has 0 saturated carbocycles. The van der Waals surface area contributed by atoms with E-state index in [1.165, 1.54) is 17.5 Å². The van der Waals surface area contributed by atoms with Gasteiger partial charge in [0.1, 0.15) is 0 Å². The van der Waals surface area contributed by atoms with Gasteiger partial charge in [0.2, 0.25) is 0 Å². The summed E-state index contributed by atoms with van der Waals surface area (Å²) in [4.78, 5) is 3.60. The fourth-order valence-corrected chi connectivity index (χ4v) is 1.67. The molecular weight excluding hydrogens is 231 g/mol. The molecule has 0 saturated heterocycles. The topological polar surface area (TPSA) is 30.2 Å². The van der Waals surface area contributed by atoms with Crippen LogP contribution in [-0.4, -0.2) is 14.6 Å². The molecule has 0 spiro atoms. The minimum atomic E-state index is -4.46. The predicted molar refractivity (Wildman–Crippen MR) is 57.6 cm³/mol. The highest BCUT2D eigenvalue weighted by molar-refractivity contribution is 5.54. The minimum Gasteiger partial charge on any atom is -0.222 e. The second-order valence-corrected chi connectivity index (χ2v) is 3.74. The summed E-state index contributed by atoms with van der Waals surface area (Å²) in [5.74, 6) is 0. The largest absolute Gasteiger partial charge is 0.435 e. The smallest absolute Gasteiger partial charge is 0.222 e. The lowest BCUT2D eigenvalue weighted by atomic mass is 10.3. The molecule has 2 aromatic rings. The Morgan fingerprint density at radius 1 is 1.35 bits per heavy atom. The van der Waals surface area contributed by atoms with Gasteiger partial charge in [0, 0.05) is 0 Å². The van der Waals surface area contributed by atoms with Gasteiger partial charge in [-0.1, -0.05) is 6.58 Å². The van der Waals surface area contributed by atoms with Crippen LogP contribution < -0.4 is 0 Å². The first-order chi connectivity index (χ1) is 7.84. The monoisotopic (exact) mass is 241 g/mol. The number of alkyl halides is 3. The Morgan fingerprint density at radius 2 is 2.00 bits per heavy atom. The van der Waals surface area contributed by atoms with Gasteiger partial charge in [0.05, 0.1) is 11.4 Å². The van der Waals surface area contributed by atoms with Crippen LogP contribution in [0.1, 0.15) is 22.6 Å². The van der Waals surface area contributed by atoms with Crippen molar-refractivity contribution in [1.82, 2.24) is 14.6 Å². The van der Waals surface area contributed by atoms with Gasteiger partial charge in [-0.2, -0.15) is 18.3 Å². The quantitative estimate of drug-likeness (QED) is 0.768. The Bertz CT molecular complexity index is 596. The molecule has 2 aromatic heterocycles. The molecule has 2 rings (SSSR count). The Balaban J connectivity index is 2.83. The van der Waals surface area contributed by atoms with Gasteiger partial charge < -0.3 is 0 Å². The van der Waals surface area contributed by atoms with E-state index in [9.17, 15) is 13.2 Å². The Kier molecular flexibility index (Phi) is 2.45. The summed E-state index contributed by atoms with van der Waals surface area (Å²) in [6.45, 7) is 6.59. The molecule has 0 unspecified atom stereocenters. The van der Waals surface area contributed by atoms with E-state index in [0.717, 1.165) is 0 Å². The molecule has 6 heteroatoms. The van der Waals surface area contributed by atoms with E-state index in [1.54, 1.807) is 13.0 Å².